The Morgan fingerprint density at radius 2 is 1.81 bits per heavy atom. The van der Waals surface area contributed by atoms with E-state index in [-0.39, 0.29) is 0 Å². The Labute approximate surface area is 93.8 Å². The quantitative estimate of drug-likeness (QED) is 0.668. The first-order chi connectivity index (χ1) is 7.55. The minimum atomic E-state index is -4.26. The van der Waals surface area contributed by atoms with E-state index in [1.807, 2.05) is 12.2 Å². The lowest BCUT2D eigenvalue weighted by molar-refractivity contribution is -0.138. The van der Waals surface area contributed by atoms with Crippen LogP contribution in [0.5, 0.6) is 0 Å². The Morgan fingerprint density at radius 1 is 1.12 bits per heavy atom. The lowest BCUT2D eigenvalue weighted by atomic mass is 10.0. The van der Waals surface area contributed by atoms with Crippen LogP contribution < -0.4 is 0 Å². The standard InChI is InChI=1S/C13H14F3/c1-2-3-4-5-8-11-9-6-7-10-12(11)13(14,15)16/h3-4,6-7,9-10H,1-2,5,8H2. The van der Waals surface area contributed by atoms with Gasteiger partial charge >= 0.3 is 6.18 Å². The molecule has 0 amide bonds. The van der Waals surface area contributed by atoms with Crippen molar-refractivity contribution in [3.05, 3.63) is 54.5 Å². The van der Waals surface area contributed by atoms with Gasteiger partial charge in [-0.05, 0) is 37.8 Å². The van der Waals surface area contributed by atoms with Gasteiger partial charge in [0.15, 0.2) is 0 Å². The topological polar surface area (TPSA) is 0 Å². The first-order valence-electron chi connectivity index (χ1n) is 5.15. The largest absolute Gasteiger partial charge is 0.416 e. The van der Waals surface area contributed by atoms with Crippen molar-refractivity contribution in [2.24, 2.45) is 0 Å². The maximum absolute atomic E-state index is 12.6. The molecule has 1 rings (SSSR count). The van der Waals surface area contributed by atoms with E-state index in [4.69, 9.17) is 0 Å². The van der Waals surface area contributed by atoms with Gasteiger partial charge in [0.25, 0.3) is 0 Å². The minimum Gasteiger partial charge on any atom is -0.166 e. The van der Waals surface area contributed by atoms with Gasteiger partial charge in [-0.25, -0.2) is 0 Å². The van der Waals surface area contributed by atoms with Crippen LogP contribution in [0.15, 0.2) is 36.4 Å². The highest BCUT2D eigenvalue weighted by Gasteiger charge is 2.32. The first kappa shape index (κ1) is 12.8. The van der Waals surface area contributed by atoms with E-state index in [1.165, 1.54) is 12.1 Å². The molecule has 1 aromatic carbocycles. The number of aryl methyl sites for hydroxylation is 1. The van der Waals surface area contributed by atoms with Crippen molar-refractivity contribution >= 4 is 0 Å². The molecule has 3 heteroatoms. The second-order valence-electron chi connectivity index (χ2n) is 3.45. The van der Waals surface area contributed by atoms with Gasteiger partial charge < -0.3 is 0 Å². The lowest BCUT2D eigenvalue weighted by Crippen LogP contribution is -2.08. The summed E-state index contributed by atoms with van der Waals surface area (Å²) in [6.07, 6.45) is 1.15. The third kappa shape index (κ3) is 3.72. The van der Waals surface area contributed by atoms with E-state index in [2.05, 4.69) is 6.92 Å². The Bertz CT molecular complexity index is 350. The van der Waals surface area contributed by atoms with E-state index >= 15 is 0 Å². The summed E-state index contributed by atoms with van der Waals surface area (Å²) in [6.45, 7) is 3.62. The van der Waals surface area contributed by atoms with Crippen LogP contribution in [0.4, 0.5) is 13.2 Å². The van der Waals surface area contributed by atoms with Gasteiger partial charge in [-0.3, -0.25) is 0 Å². The van der Waals surface area contributed by atoms with Crippen LogP contribution >= 0.6 is 0 Å². The number of hydrogen-bond acceptors (Lipinski definition) is 0. The summed E-state index contributed by atoms with van der Waals surface area (Å²) in [6, 6.07) is 5.70. The minimum absolute atomic E-state index is 0.351. The average Bonchev–Trinajstić information content (AvgIpc) is 2.24. The number of alkyl halides is 3. The smallest absolute Gasteiger partial charge is 0.166 e. The van der Waals surface area contributed by atoms with Crippen molar-refractivity contribution in [2.75, 3.05) is 0 Å². The number of benzene rings is 1. The summed E-state index contributed by atoms with van der Waals surface area (Å²) >= 11 is 0. The molecule has 0 saturated heterocycles. The van der Waals surface area contributed by atoms with Crippen LogP contribution in [0.2, 0.25) is 0 Å². The van der Waals surface area contributed by atoms with Crippen molar-refractivity contribution in [1.82, 2.24) is 0 Å². The van der Waals surface area contributed by atoms with Crippen molar-refractivity contribution in [3.8, 4) is 0 Å². The van der Waals surface area contributed by atoms with E-state index < -0.39 is 11.7 Å². The zero-order valence-corrected chi connectivity index (χ0v) is 8.93. The van der Waals surface area contributed by atoms with Crippen LogP contribution in [0.1, 0.15) is 24.0 Å². The van der Waals surface area contributed by atoms with Crippen molar-refractivity contribution < 1.29 is 13.2 Å². The molecule has 0 unspecified atom stereocenters. The predicted molar refractivity (Wildman–Crippen MR) is 58.9 cm³/mol. The summed E-state index contributed by atoms with van der Waals surface area (Å²) in [7, 11) is 0. The fraction of sp³-hybridized carbons (Fsp3) is 0.308. The van der Waals surface area contributed by atoms with Crippen molar-refractivity contribution in [2.45, 2.75) is 25.4 Å². The summed E-state index contributed by atoms with van der Waals surface area (Å²) in [5, 5.41) is 0. The predicted octanol–water partition coefficient (Wildman–Crippen LogP) is 4.42. The molecule has 16 heavy (non-hydrogen) atoms. The van der Waals surface area contributed by atoms with Crippen LogP contribution in [-0.4, -0.2) is 0 Å². The SMILES string of the molecule is [CH2]CC=CCCc1ccccc1C(F)(F)F. The Morgan fingerprint density at radius 3 is 2.44 bits per heavy atom. The van der Waals surface area contributed by atoms with Gasteiger partial charge in [0.05, 0.1) is 5.56 Å². The van der Waals surface area contributed by atoms with Gasteiger partial charge in [0, 0.05) is 0 Å². The molecule has 0 aromatic heterocycles. The van der Waals surface area contributed by atoms with E-state index in [0.29, 0.717) is 24.8 Å². The van der Waals surface area contributed by atoms with E-state index in [0.717, 1.165) is 6.07 Å². The zero-order valence-electron chi connectivity index (χ0n) is 8.93. The fourth-order valence-corrected chi connectivity index (χ4v) is 1.49. The second kappa shape index (κ2) is 5.73. The maximum Gasteiger partial charge on any atom is 0.416 e. The lowest BCUT2D eigenvalue weighted by Gasteiger charge is -2.11. The fourth-order valence-electron chi connectivity index (χ4n) is 1.49. The molecule has 1 radical (unpaired) electrons. The molecule has 1 aromatic rings. The number of hydrogen-bond donors (Lipinski definition) is 0. The van der Waals surface area contributed by atoms with Crippen LogP contribution in [-0.2, 0) is 12.6 Å². The van der Waals surface area contributed by atoms with Gasteiger partial charge in [-0.2, -0.15) is 13.2 Å². The number of allylic oxidation sites excluding steroid dienone is 2. The third-order valence-electron chi connectivity index (χ3n) is 2.24. The van der Waals surface area contributed by atoms with E-state index in [9.17, 15) is 13.2 Å². The highest BCUT2D eigenvalue weighted by molar-refractivity contribution is 5.29. The van der Waals surface area contributed by atoms with Crippen LogP contribution in [0.25, 0.3) is 0 Å². The molecule has 0 aliphatic rings. The molecule has 0 heterocycles. The molecule has 0 aliphatic carbocycles. The molecule has 0 fully saturated rings. The van der Waals surface area contributed by atoms with Gasteiger partial charge in [-0.15, -0.1) is 0 Å². The molecule has 0 N–H and O–H groups in total. The molecule has 87 valence electrons. The molecule has 0 aliphatic heterocycles. The maximum atomic E-state index is 12.6. The second-order valence-corrected chi connectivity index (χ2v) is 3.45. The van der Waals surface area contributed by atoms with Gasteiger partial charge in [0.1, 0.15) is 0 Å². The normalized spacial score (nSPS) is 12.2. The van der Waals surface area contributed by atoms with E-state index in [1.54, 1.807) is 6.07 Å². The Balaban J connectivity index is 2.76. The third-order valence-corrected chi connectivity index (χ3v) is 2.24. The monoisotopic (exact) mass is 227 g/mol. The Hall–Kier alpha value is -1.25. The molecule has 0 atom stereocenters. The van der Waals surface area contributed by atoms with Crippen molar-refractivity contribution in [3.63, 3.8) is 0 Å². The number of halogens is 3. The zero-order chi connectivity index (χ0) is 12.0. The molecule has 0 nitrogen and oxygen atoms in total. The first-order valence-corrected chi connectivity index (χ1v) is 5.15. The van der Waals surface area contributed by atoms with Gasteiger partial charge in [0.2, 0.25) is 0 Å². The summed E-state index contributed by atoms with van der Waals surface area (Å²) in [5.74, 6) is 0. The average molecular weight is 227 g/mol. The molecular weight excluding hydrogens is 213 g/mol. The molecular formula is C13H14F3. The summed E-state index contributed by atoms with van der Waals surface area (Å²) in [4.78, 5) is 0. The highest BCUT2D eigenvalue weighted by atomic mass is 19.4. The van der Waals surface area contributed by atoms with Crippen molar-refractivity contribution in [1.29, 1.82) is 0 Å². The Kier molecular flexibility index (Phi) is 4.59. The van der Waals surface area contributed by atoms with Crippen LogP contribution in [0.3, 0.4) is 0 Å². The van der Waals surface area contributed by atoms with Gasteiger partial charge in [-0.1, -0.05) is 30.4 Å². The molecule has 0 bridgehead atoms. The number of rotatable bonds is 4. The summed E-state index contributed by atoms with van der Waals surface area (Å²) in [5.41, 5.74) is -0.179. The summed E-state index contributed by atoms with van der Waals surface area (Å²) < 4.78 is 37.8. The van der Waals surface area contributed by atoms with Crippen LogP contribution in [0, 0.1) is 6.92 Å². The molecule has 0 spiro atoms. The molecule has 0 saturated carbocycles. The highest BCUT2D eigenvalue weighted by Crippen LogP contribution is 2.32.